The quantitative estimate of drug-likeness (QED) is 0.592. The number of carbonyl (C=O) groups excluding carboxylic acids is 1. The van der Waals surface area contributed by atoms with E-state index in [2.05, 4.69) is 14.9 Å². The molecule has 124 valence electrons. The third-order valence-electron chi connectivity index (χ3n) is 3.75. The van der Waals surface area contributed by atoms with Crippen LogP contribution in [0.25, 0.3) is 6.08 Å². The fourth-order valence-corrected chi connectivity index (χ4v) is 3.71. The summed E-state index contributed by atoms with van der Waals surface area (Å²) in [6, 6.07) is 0. The van der Waals surface area contributed by atoms with Crippen LogP contribution in [0.3, 0.4) is 0 Å². The van der Waals surface area contributed by atoms with E-state index in [0.717, 1.165) is 23.1 Å². The molecule has 1 aromatic heterocycles. The molecule has 0 unspecified atom stereocenters. The zero-order valence-electron chi connectivity index (χ0n) is 13.6. The third-order valence-corrected chi connectivity index (χ3v) is 5.22. The van der Waals surface area contributed by atoms with Gasteiger partial charge in [0.25, 0.3) is 0 Å². The number of anilines is 1. The largest absolute Gasteiger partial charge is 0.406 e. The number of rotatable bonds is 2. The van der Waals surface area contributed by atoms with Gasteiger partial charge >= 0.3 is 5.97 Å². The highest BCUT2D eigenvalue weighted by Gasteiger charge is 2.32. The molecule has 2 aliphatic rings. The summed E-state index contributed by atoms with van der Waals surface area (Å²) in [6.45, 7) is 7.88. The van der Waals surface area contributed by atoms with Gasteiger partial charge in [0.1, 0.15) is 5.15 Å². The Bertz CT molecular complexity index is 682. The highest BCUT2D eigenvalue weighted by molar-refractivity contribution is 7.17. The van der Waals surface area contributed by atoms with E-state index in [1.54, 1.807) is 6.08 Å². The van der Waals surface area contributed by atoms with Crippen LogP contribution in [0.1, 0.15) is 44.9 Å². The summed E-state index contributed by atoms with van der Waals surface area (Å²) in [6.07, 6.45) is 5.30. The van der Waals surface area contributed by atoms with Gasteiger partial charge in [0.2, 0.25) is 5.90 Å². The van der Waals surface area contributed by atoms with Crippen molar-refractivity contribution in [2.24, 2.45) is 10.4 Å². The molecule has 1 aromatic rings. The number of esters is 1. The second-order valence-electron chi connectivity index (χ2n) is 6.79. The van der Waals surface area contributed by atoms with Gasteiger partial charge in [-0.3, -0.25) is 0 Å². The molecule has 0 spiro atoms. The molecule has 0 aromatic carbocycles. The molecular weight excluding hydrogens is 334 g/mol. The van der Waals surface area contributed by atoms with Gasteiger partial charge in [-0.05, 0) is 25.3 Å². The number of ether oxygens (including phenoxy) is 1. The molecule has 0 saturated carbocycles. The molecule has 0 bridgehead atoms. The lowest BCUT2D eigenvalue weighted by atomic mass is 9.97. The molecule has 23 heavy (non-hydrogen) atoms. The summed E-state index contributed by atoms with van der Waals surface area (Å²) < 4.78 is 5.25. The highest BCUT2D eigenvalue weighted by Crippen LogP contribution is 2.34. The molecule has 1 saturated heterocycles. The maximum absolute atomic E-state index is 12.0. The van der Waals surface area contributed by atoms with Crippen molar-refractivity contribution in [1.29, 1.82) is 0 Å². The summed E-state index contributed by atoms with van der Waals surface area (Å²) in [5, 5.41) is 1.32. The minimum Gasteiger partial charge on any atom is -0.406 e. The molecule has 0 N–H and O–H groups in total. The van der Waals surface area contributed by atoms with Gasteiger partial charge in [0, 0.05) is 18.5 Å². The Balaban J connectivity index is 1.86. The Morgan fingerprint density at radius 3 is 2.57 bits per heavy atom. The summed E-state index contributed by atoms with van der Waals surface area (Å²) >= 11 is 7.74. The van der Waals surface area contributed by atoms with Crippen LogP contribution in [0.4, 0.5) is 5.13 Å². The average molecular weight is 354 g/mol. The lowest BCUT2D eigenvalue weighted by molar-refractivity contribution is -0.130. The number of hydrogen-bond acceptors (Lipinski definition) is 6. The smallest absolute Gasteiger partial charge is 0.363 e. The summed E-state index contributed by atoms with van der Waals surface area (Å²) in [5.41, 5.74) is -0.0208. The Hall–Kier alpha value is -1.40. The molecule has 0 aliphatic carbocycles. The first-order valence-electron chi connectivity index (χ1n) is 7.79. The molecule has 3 heterocycles. The van der Waals surface area contributed by atoms with Crippen molar-refractivity contribution in [1.82, 2.24) is 4.98 Å². The van der Waals surface area contributed by atoms with Crippen LogP contribution >= 0.6 is 22.9 Å². The second kappa shape index (κ2) is 6.24. The van der Waals surface area contributed by atoms with E-state index in [9.17, 15) is 4.79 Å². The van der Waals surface area contributed by atoms with E-state index < -0.39 is 5.97 Å². The van der Waals surface area contributed by atoms with Gasteiger partial charge in [-0.15, -0.1) is 0 Å². The van der Waals surface area contributed by atoms with Gasteiger partial charge in [-0.1, -0.05) is 43.7 Å². The second-order valence-corrected chi connectivity index (χ2v) is 8.15. The molecule has 0 atom stereocenters. The van der Waals surface area contributed by atoms with Gasteiger partial charge in [-0.25, -0.2) is 14.8 Å². The Morgan fingerprint density at radius 2 is 1.96 bits per heavy atom. The number of carbonyl (C=O) groups is 1. The first kappa shape index (κ1) is 16.5. The van der Waals surface area contributed by atoms with Crippen molar-refractivity contribution in [3.8, 4) is 0 Å². The Kier molecular flexibility index (Phi) is 4.47. The fraction of sp³-hybridized carbons (Fsp3) is 0.562. The van der Waals surface area contributed by atoms with Crippen molar-refractivity contribution in [3.05, 3.63) is 15.7 Å². The minimum atomic E-state index is -0.432. The number of thiazole rings is 1. The molecule has 3 rings (SSSR count). The van der Waals surface area contributed by atoms with E-state index in [0.29, 0.717) is 11.1 Å². The Morgan fingerprint density at radius 1 is 1.26 bits per heavy atom. The predicted molar refractivity (Wildman–Crippen MR) is 94.1 cm³/mol. The van der Waals surface area contributed by atoms with E-state index in [4.69, 9.17) is 16.3 Å². The number of nitrogens with zero attached hydrogens (tertiary/aromatic N) is 3. The van der Waals surface area contributed by atoms with Crippen molar-refractivity contribution in [2.45, 2.75) is 40.0 Å². The van der Waals surface area contributed by atoms with Crippen LogP contribution < -0.4 is 4.90 Å². The monoisotopic (exact) mass is 353 g/mol. The number of cyclic esters (lactones) is 1. The normalized spacial score (nSPS) is 20.9. The molecule has 0 radical (unpaired) electrons. The summed E-state index contributed by atoms with van der Waals surface area (Å²) in [5.74, 6) is 0.00422. The number of aliphatic imine (C=N–C) groups is 1. The van der Waals surface area contributed by atoms with Crippen LogP contribution in [0.2, 0.25) is 5.15 Å². The standard InChI is InChI=1S/C16H20ClN3O2S/c1-16(2,3)14-18-10(13(21)22-14)9-11-12(17)19-15(23-11)20-7-5-4-6-8-20/h9H,4-8H2,1-3H3/b10-9+. The van der Waals surface area contributed by atoms with Crippen LogP contribution in [0.15, 0.2) is 10.7 Å². The van der Waals surface area contributed by atoms with Crippen molar-refractivity contribution < 1.29 is 9.53 Å². The van der Waals surface area contributed by atoms with Crippen LogP contribution in [-0.4, -0.2) is 29.9 Å². The number of aromatic nitrogens is 1. The molecular formula is C16H20ClN3O2S. The van der Waals surface area contributed by atoms with Crippen LogP contribution in [-0.2, 0) is 9.53 Å². The number of hydrogen-bond donors (Lipinski definition) is 0. The zero-order valence-corrected chi connectivity index (χ0v) is 15.1. The predicted octanol–water partition coefficient (Wildman–Crippen LogP) is 4.13. The molecule has 5 nitrogen and oxygen atoms in total. The fourth-order valence-electron chi connectivity index (χ4n) is 2.47. The topological polar surface area (TPSA) is 54.8 Å². The van der Waals surface area contributed by atoms with Crippen molar-refractivity contribution in [3.63, 3.8) is 0 Å². The minimum absolute atomic E-state index is 0.283. The SMILES string of the molecule is CC(C)(C)C1=N/C(=C/c2sc(N3CCCCC3)nc2Cl)C(=O)O1. The summed E-state index contributed by atoms with van der Waals surface area (Å²) in [7, 11) is 0. The number of piperidine rings is 1. The van der Waals surface area contributed by atoms with Gasteiger partial charge in [0.15, 0.2) is 10.8 Å². The maximum atomic E-state index is 12.0. The van der Waals surface area contributed by atoms with Crippen LogP contribution in [0.5, 0.6) is 0 Å². The number of halogens is 1. The van der Waals surface area contributed by atoms with Crippen LogP contribution in [0, 0.1) is 5.41 Å². The van der Waals surface area contributed by atoms with Gasteiger partial charge in [0.05, 0.1) is 4.88 Å². The molecule has 1 fully saturated rings. The highest BCUT2D eigenvalue weighted by atomic mass is 35.5. The molecule has 7 heteroatoms. The lowest BCUT2D eigenvalue weighted by Gasteiger charge is -2.25. The van der Waals surface area contributed by atoms with Crippen molar-refractivity contribution >= 4 is 46.0 Å². The lowest BCUT2D eigenvalue weighted by Crippen LogP contribution is -2.29. The van der Waals surface area contributed by atoms with E-state index in [1.807, 2.05) is 20.8 Å². The van der Waals surface area contributed by atoms with Gasteiger partial charge < -0.3 is 9.64 Å². The zero-order chi connectivity index (χ0) is 16.6. The molecule has 0 amide bonds. The van der Waals surface area contributed by atoms with E-state index >= 15 is 0 Å². The van der Waals surface area contributed by atoms with Gasteiger partial charge in [-0.2, -0.15) is 0 Å². The van der Waals surface area contributed by atoms with E-state index in [-0.39, 0.29) is 11.1 Å². The maximum Gasteiger partial charge on any atom is 0.363 e. The van der Waals surface area contributed by atoms with Crippen molar-refractivity contribution in [2.75, 3.05) is 18.0 Å². The molecule has 2 aliphatic heterocycles. The first-order chi connectivity index (χ1) is 10.8. The summed E-state index contributed by atoms with van der Waals surface area (Å²) in [4.78, 5) is 23.7. The third kappa shape index (κ3) is 3.58. The van der Waals surface area contributed by atoms with E-state index in [1.165, 1.54) is 30.6 Å². The first-order valence-corrected chi connectivity index (χ1v) is 8.98. The Labute approximate surface area is 145 Å². The average Bonchev–Trinajstić information content (AvgIpc) is 3.04.